The smallest absolute Gasteiger partial charge is 0.252 e. The summed E-state index contributed by atoms with van der Waals surface area (Å²) < 4.78 is 28.7. The number of hydrogen-bond donors (Lipinski definition) is 2. The molecule has 1 aromatic rings. The molecule has 1 heterocycles. The minimum absolute atomic E-state index is 0.0166. The Bertz CT molecular complexity index is 627. The van der Waals surface area contributed by atoms with Gasteiger partial charge in [-0.1, -0.05) is 0 Å². The van der Waals surface area contributed by atoms with E-state index in [0.29, 0.717) is 17.6 Å². The van der Waals surface area contributed by atoms with E-state index < -0.39 is 10.0 Å². The second-order valence-electron chi connectivity index (χ2n) is 4.89. The lowest BCUT2D eigenvalue weighted by molar-refractivity contribution is 0.0169. The second-order valence-corrected chi connectivity index (χ2v) is 7.30. The van der Waals surface area contributed by atoms with Gasteiger partial charge in [-0.15, -0.1) is 0 Å². The van der Waals surface area contributed by atoms with Gasteiger partial charge in [0.05, 0.1) is 16.6 Å². The van der Waals surface area contributed by atoms with Gasteiger partial charge >= 0.3 is 0 Å². The van der Waals surface area contributed by atoms with Crippen molar-refractivity contribution in [2.24, 2.45) is 5.14 Å². The van der Waals surface area contributed by atoms with Crippen molar-refractivity contribution in [3.05, 3.63) is 28.2 Å². The SMILES string of the molecule is NS(=O)(=O)c1ccc(Br)c(C(=O)NCC2CCCCO2)c1. The largest absolute Gasteiger partial charge is 0.376 e. The number of carbonyl (C=O) groups excluding carboxylic acids is 1. The maximum absolute atomic E-state index is 12.2. The van der Waals surface area contributed by atoms with E-state index in [4.69, 9.17) is 9.88 Å². The fraction of sp³-hybridized carbons (Fsp3) is 0.462. The van der Waals surface area contributed by atoms with E-state index in [1.54, 1.807) is 0 Å². The Morgan fingerprint density at radius 1 is 1.43 bits per heavy atom. The summed E-state index contributed by atoms with van der Waals surface area (Å²) in [5.41, 5.74) is 0.234. The van der Waals surface area contributed by atoms with Crippen LogP contribution in [0.2, 0.25) is 0 Å². The normalized spacial score (nSPS) is 19.2. The average molecular weight is 377 g/mol. The van der Waals surface area contributed by atoms with Crippen molar-refractivity contribution in [1.82, 2.24) is 5.32 Å². The number of nitrogens with two attached hydrogens (primary N) is 1. The third-order valence-electron chi connectivity index (χ3n) is 3.28. The predicted molar refractivity (Wildman–Crippen MR) is 81.4 cm³/mol. The summed E-state index contributed by atoms with van der Waals surface area (Å²) in [6, 6.07) is 4.10. The number of carbonyl (C=O) groups is 1. The molecule has 116 valence electrons. The first kappa shape index (κ1) is 16.4. The first-order valence-electron chi connectivity index (χ1n) is 6.60. The molecule has 1 aromatic carbocycles. The number of amides is 1. The van der Waals surface area contributed by atoms with Crippen LogP contribution in [0, 0.1) is 0 Å². The number of hydrogen-bond acceptors (Lipinski definition) is 4. The van der Waals surface area contributed by atoms with Crippen molar-refractivity contribution in [3.63, 3.8) is 0 Å². The monoisotopic (exact) mass is 376 g/mol. The van der Waals surface area contributed by atoms with Crippen LogP contribution in [0.1, 0.15) is 29.6 Å². The fourth-order valence-corrected chi connectivity index (χ4v) is 3.09. The molecule has 2 rings (SSSR count). The van der Waals surface area contributed by atoms with Crippen LogP contribution in [0.4, 0.5) is 0 Å². The van der Waals surface area contributed by atoms with Crippen molar-refractivity contribution in [2.75, 3.05) is 13.2 Å². The highest BCUT2D eigenvalue weighted by atomic mass is 79.9. The van der Waals surface area contributed by atoms with Gasteiger partial charge in [-0.05, 0) is 53.4 Å². The molecule has 3 N–H and O–H groups in total. The van der Waals surface area contributed by atoms with Gasteiger partial charge in [0.1, 0.15) is 0 Å². The van der Waals surface area contributed by atoms with E-state index in [1.165, 1.54) is 18.2 Å². The molecular formula is C13H17BrN2O4S. The summed E-state index contributed by atoms with van der Waals surface area (Å²) in [7, 11) is -3.84. The third-order valence-corrected chi connectivity index (χ3v) is 4.88. The Labute approximate surface area is 132 Å². The Morgan fingerprint density at radius 3 is 2.81 bits per heavy atom. The van der Waals surface area contributed by atoms with Gasteiger partial charge in [0, 0.05) is 17.6 Å². The summed E-state index contributed by atoms with van der Waals surface area (Å²) in [6.45, 7) is 1.12. The van der Waals surface area contributed by atoms with E-state index in [0.717, 1.165) is 19.3 Å². The highest BCUT2D eigenvalue weighted by molar-refractivity contribution is 9.10. The molecule has 1 saturated heterocycles. The number of halogens is 1. The average Bonchev–Trinajstić information content (AvgIpc) is 2.45. The summed E-state index contributed by atoms with van der Waals surface area (Å²) >= 11 is 3.24. The Kier molecular flexibility index (Phi) is 5.37. The van der Waals surface area contributed by atoms with Gasteiger partial charge in [0.15, 0.2) is 0 Å². The minimum Gasteiger partial charge on any atom is -0.376 e. The number of ether oxygens (including phenoxy) is 1. The van der Waals surface area contributed by atoms with Crippen LogP contribution in [0.25, 0.3) is 0 Å². The molecule has 0 spiro atoms. The third kappa shape index (κ3) is 4.50. The number of rotatable bonds is 4. The van der Waals surface area contributed by atoms with Crippen LogP contribution in [0.15, 0.2) is 27.6 Å². The number of nitrogens with one attached hydrogen (secondary N) is 1. The standard InChI is InChI=1S/C13H17BrN2O4S/c14-12-5-4-10(21(15,18)19)7-11(12)13(17)16-8-9-3-1-2-6-20-9/h4-5,7,9H,1-3,6,8H2,(H,16,17)(H2,15,18,19). The highest BCUT2D eigenvalue weighted by Gasteiger charge is 2.18. The molecule has 0 saturated carbocycles. The first-order chi connectivity index (χ1) is 9.88. The van der Waals surface area contributed by atoms with Gasteiger partial charge in [-0.25, -0.2) is 13.6 Å². The maximum Gasteiger partial charge on any atom is 0.252 e. The maximum atomic E-state index is 12.2. The number of primary sulfonamides is 1. The zero-order chi connectivity index (χ0) is 15.5. The van der Waals surface area contributed by atoms with Gasteiger partial charge in [-0.2, -0.15) is 0 Å². The molecule has 1 aliphatic heterocycles. The lowest BCUT2D eigenvalue weighted by Gasteiger charge is -2.22. The van der Waals surface area contributed by atoms with Crippen molar-refractivity contribution in [1.29, 1.82) is 0 Å². The second kappa shape index (κ2) is 6.87. The quantitative estimate of drug-likeness (QED) is 0.829. The first-order valence-corrected chi connectivity index (χ1v) is 8.94. The molecule has 0 aromatic heterocycles. The van der Waals surface area contributed by atoms with Crippen LogP contribution in [0.3, 0.4) is 0 Å². The van der Waals surface area contributed by atoms with Crippen LogP contribution < -0.4 is 10.5 Å². The molecule has 1 unspecified atom stereocenters. The lowest BCUT2D eigenvalue weighted by Crippen LogP contribution is -2.35. The van der Waals surface area contributed by atoms with E-state index in [9.17, 15) is 13.2 Å². The molecule has 21 heavy (non-hydrogen) atoms. The van der Waals surface area contributed by atoms with E-state index in [1.807, 2.05) is 0 Å². The summed E-state index contributed by atoms with van der Waals surface area (Å²) in [6.07, 6.45) is 3.07. The van der Waals surface area contributed by atoms with Crippen molar-refractivity contribution < 1.29 is 17.9 Å². The van der Waals surface area contributed by atoms with Gasteiger partial charge in [0.25, 0.3) is 5.91 Å². The van der Waals surface area contributed by atoms with Crippen molar-refractivity contribution >= 4 is 31.9 Å². The van der Waals surface area contributed by atoms with Gasteiger partial charge in [0.2, 0.25) is 10.0 Å². The topological polar surface area (TPSA) is 98.5 Å². The van der Waals surface area contributed by atoms with Crippen LogP contribution in [0.5, 0.6) is 0 Å². The summed E-state index contributed by atoms with van der Waals surface area (Å²) in [5, 5.41) is 7.83. The molecule has 1 amide bonds. The summed E-state index contributed by atoms with van der Waals surface area (Å²) in [5.74, 6) is -0.360. The molecule has 6 nitrogen and oxygen atoms in total. The Balaban J connectivity index is 2.07. The van der Waals surface area contributed by atoms with Gasteiger partial charge in [-0.3, -0.25) is 4.79 Å². The van der Waals surface area contributed by atoms with E-state index in [2.05, 4.69) is 21.2 Å². The van der Waals surface area contributed by atoms with Crippen LogP contribution >= 0.6 is 15.9 Å². The van der Waals surface area contributed by atoms with E-state index in [-0.39, 0.29) is 22.5 Å². The molecule has 0 aliphatic carbocycles. The number of sulfonamides is 1. The molecular weight excluding hydrogens is 360 g/mol. The molecule has 1 atom stereocenters. The predicted octanol–water partition coefficient (Wildman–Crippen LogP) is 1.40. The minimum atomic E-state index is -3.84. The highest BCUT2D eigenvalue weighted by Crippen LogP contribution is 2.20. The van der Waals surface area contributed by atoms with Crippen LogP contribution in [-0.2, 0) is 14.8 Å². The molecule has 1 aliphatic rings. The zero-order valence-corrected chi connectivity index (χ0v) is 13.7. The lowest BCUT2D eigenvalue weighted by atomic mass is 10.1. The summed E-state index contributed by atoms with van der Waals surface area (Å²) in [4.78, 5) is 12.1. The molecule has 1 fully saturated rings. The molecule has 0 radical (unpaired) electrons. The number of benzene rings is 1. The molecule has 0 bridgehead atoms. The Morgan fingerprint density at radius 2 is 2.19 bits per heavy atom. The van der Waals surface area contributed by atoms with Crippen LogP contribution in [-0.4, -0.2) is 33.6 Å². The fourth-order valence-electron chi connectivity index (χ4n) is 2.13. The van der Waals surface area contributed by atoms with Gasteiger partial charge < -0.3 is 10.1 Å². The molecule has 8 heteroatoms. The zero-order valence-electron chi connectivity index (χ0n) is 11.3. The van der Waals surface area contributed by atoms with Crippen molar-refractivity contribution in [2.45, 2.75) is 30.3 Å². The van der Waals surface area contributed by atoms with E-state index >= 15 is 0 Å². The van der Waals surface area contributed by atoms with Crippen molar-refractivity contribution in [3.8, 4) is 0 Å². The Hall–Kier alpha value is -0.960.